The highest BCUT2D eigenvalue weighted by atomic mass is 35.5. The van der Waals surface area contributed by atoms with Crippen LogP contribution in [0.1, 0.15) is 42.4 Å². The Morgan fingerprint density at radius 3 is 2.85 bits per heavy atom. The summed E-state index contributed by atoms with van der Waals surface area (Å²) in [5.41, 5.74) is 0. The first-order valence-corrected chi connectivity index (χ1v) is 6.27. The third kappa shape index (κ3) is 3.32. The maximum Gasteiger partial charge on any atom is 0.0229 e. The predicted octanol–water partition coefficient (Wildman–Crippen LogP) is 4.43. The van der Waals surface area contributed by atoms with Crippen LogP contribution in [0.2, 0.25) is 0 Å². The van der Waals surface area contributed by atoms with Gasteiger partial charge in [0.25, 0.3) is 0 Å². The van der Waals surface area contributed by atoms with Crippen molar-refractivity contribution in [3.8, 4) is 0 Å². The number of thiophene rings is 1. The van der Waals surface area contributed by atoms with Crippen molar-refractivity contribution in [2.24, 2.45) is 0 Å². The van der Waals surface area contributed by atoms with Crippen LogP contribution < -0.4 is 0 Å². The number of halogens is 1. The second-order valence-electron chi connectivity index (χ2n) is 3.43. The summed E-state index contributed by atoms with van der Waals surface area (Å²) >= 11 is 7.67. The van der Waals surface area contributed by atoms with E-state index >= 15 is 0 Å². The van der Waals surface area contributed by atoms with Gasteiger partial charge in [-0.05, 0) is 30.9 Å². The molecule has 2 heteroatoms. The molecule has 13 heavy (non-hydrogen) atoms. The molecule has 0 radical (unpaired) electrons. The van der Waals surface area contributed by atoms with Crippen LogP contribution in [0.3, 0.4) is 0 Å². The van der Waals surface area contributed by atoms with Gasteiger partial charge in [-0.25, -0.2) is 0 Å². The summed E-state index contributed by atoms with van der Waals surface area (Å²) in [6.07, 6.45) is 3.55. The Labute approximate surface area is 89.9 Å². The average molecular weight is 217 g/mol. The number of alkyl halides is 1. The monoisotopic (exact) mass is 216 g/mol. The maximum absolute atomic E-state index is 5.72. The lowest BCUT2D eigenvalue weighted by atomic mass is 10.1. The molecule has 0 spiro atoms. The summed E-state index contributed by atoms with van der Waals surface area (Å²) in [4.78, 5) is 3.00. The summed E-state index contributed by atoms with van der Waals surface area (Å²) in [5, 5.41) is 0. The molecule has 0 aliphatic heterocycles. The van der Waals surface area contributed by atoms with Gasteiger partial charge in [0.2, 0.25) is 0 Å². The van der Waals surface area contributed by atoms with E-state index in [2.05, 4.69) is 26.0 Å². The zero-order valence-electron chi connectivity index (χ0n) is 8.35. The van der Waals surface area contributed by atoms with Crippen LogP contribution in [-0.2, 0) is 6.42 Å². The van der Waals surface area contributed by atoms with Crippen molar-refractivity contribution < 1.29 is 0 Å². The van der Waals surface area contributed by atoms with Gasteiger partial charge >= 0.3 is 0 Å². The van der Waals surface area contributed by atoms with Crippen molar-refractivity contribution in [3.05, 3.63) is 21.9 Å². The summed E-state index contributed by atoms with van der Waals surface area (Å²) < 4.78 is 0. The molecule has 0 fully saturated rings. The fraction of sp³-hybridized carbons (Fsp3) is 0.636. The maximum atomic E-state index is 5.72. The molecule has 0 saturated heterocycles. The molecule has 0 N–H and O–H groups in total. The Balaban J connectivity index is 2.56. The first-order chi connectivity index (χ1) is 6.27. The molecule has 0 saturated carbocycles. The summed E-state index contributed by atoms with van der Waals surface area (Å²) in [5.74, 6) is 1.40. The third-order valence-corrected chi connectivity index (χ3v) is 3.80. The quantitative estimate of drug-likeness (QED) is 0.639. The smallest absolute Gasteiger partial charge is 0.0229 e. The first-order valence-electron chi connectivity index (χ1n) is 4.92. The van der Waals surface area contributed by atoms with Gasteiger partial charge in [0, 0.05) is 15.6 Å². The van der Waals surface area contributed by atoms with E-state index in [4.69, 9.17) is 11.6 Å². The lowest BCUT2D eigenvalue weighted by Crippen LogP contribution is -1.89. The summed E-state index contributed by atoms with van der Waals surface area (Å²) in [6, 6.07) is 4.51. The molecule has 0 aliphatic carbocycles. The topological polar surface area (TPSA) is 0 Å². The summed E-state index contributed by atoms with van der Waals surface area (Å²) in [6.45, 7) is 4.48. The van der Waals surface area contributed by atoms with E-state index < -0.39 is 0 Å². The minimum absolute atomic E-state index is 0.633. The number of aryl methyl sites for hydroxylation is 1. The van der Waals surface area contributed by atoms with Crippen molar-refractivity contribution in [3.63, 3.8) is 0 Å². The van der Waals surface area contributed by atoms with Gasteiger partial charge in [-0.1, -0.05) is 20.3 Å². The Morgan fingerprint density at radius 1 is 1.46 bits per heavy atom. The highest BCUT2D eigenvalue weighted by molar-refractivity contribution is 7.12. The molecule has 0 amide bonds. The van der Waals surface area contributed by atoms with Crippen LogP contribution in [0.4, 0.5) is 0 Å². The van der Waals surface area contributed by atoms with Crippen molar-refractivity contribution in [1.82, 2.24) is 0 Å². The van der Waals surface area contributed by atoms with Crippen LogP contribution in [0, 0.1) is 0 Å². The van der Waals surface area contributed by atoms with Crippen LogP contribution in [0.15, 0.2) is 12.1 Å². The minimum atomic E-state index is 0.633. The molecule has 0 aliphatic rings. The Bertz CT molecular complexity index is 242. The van der Waals surface area contributed by atoms with Crippen molar-refractivity contribution in [2.75, 3.05) is 5.88 Å². The van der Waals surface area contributed by atoms with Gasteiger partial charge in [0.05, 0.1) is 0 Å². The Morgan fingerprint density at radius 2 is 2.23 bits per heavy atom. The van der Waals surface area contributed by atoms with Crippen LogP contribution >= 0.6 is 22.9 Å². The van der Waals surface area contributed by atoms with Gasteiger partial charge in [-0.3, -0.25) is 0 Å². The number of hydrogen-bond donors (Lipinski definition) is 0. The zero-order chi connectivity index (χ0) is 9.68. The number of rotatable bonds is 5. The molecular formula is C11H17ClS. The largest absolute Gasteiger partial charge is 0.145 e. The number of hydrogen-bond acceptors (Lipinski definition) is 1. The molecule has 0 bridgehead atoms. The molecule has 1 aromatic heterocycles. The van der Waals surface area contributed by atoms with Crippen molar-refractivity contribution in [2.45, 2.75) is 39.0 Å². The average Bonchev–Trinajstić information content (AvgIpc) is 2.54. The second-order valence-corrected chi connectivity index (χ2v) is 5.01. The van der Waals surface area contributed by atoms with Gasteiger partial charge < -0.3 is 0 Å². The first kappa shape index (κ1) is 11.1. The van der Waals surface area contributed by atoms with Gasteiger partial charge in [0.1, 0.15) is 0 Å². The second kappa shape index (κ2) is 5.66. The molecule has 1 rings (SSSR count). The van der Waals surface area contributed by atoms with E-state index in [0.29, 0.717) is 5.92 Å². The van der Waals surface area contributed by atoms with E-state index in [0.717, 1.165) is 12.3 Å². The lowest BCUT2D eigenvalue weighted by Gasteiger charge is -2.05. The van der Waals surface area contributed by atoms with Crippen molar-refractivity contribution >= 4 is 22.9 Å². The highest BCUT2D eigenvalue weighted by Gasteiger charge is 2.07. The van der Waals surface area contributed by atoms with E-state index in [1.165, 1.54) is 22.6 Å². The van der Waals surface area contributed by atoms with Gasteiger partial charge in [-0.15, -0.1) is 22.9 Å². The van der Waals surface area contributed by atoms with E-state index in [1.54, 1.807) is 0 Å². The fourth-order valence-corrected chi connectivity index (χ4v) is 2.87. The molecule has 1 atom stereocenters. The van der Waals surface area contributed by atoms with E-state index in [-0.39, 0.29) is 0 Å². The minimum Gasteiger partial charge on any atom is -0.145 e. The van der Waals surface area contributed by atoms with Gasteiger partial charge in [-0.2, -0.15) is 0 Å². The lowest BCUT2D eigenvalue weighted by molar-refractivity contribution is 0.753. The molecule has 0 nitrogen and oxygen atoms in total. The molecule has 1 unspecified atom stereocenters. The normalized spacial score (nSPS) is 13.2. The third-order valence-electron chi connectivity index (χ3n) is 2.21. The van der Waals surface area contributed by atoms with Crippen LogP contribution in [0.5, 0.6) is 0 Å². The molecule has 74 valence electrons. The highest BCUT2D eigenvalue weighted by Crippen LogP contribution is 2.27. The Kier molecular flexibility index (Phi) is 4.82. The van der Waals surface area contributed by atoms with E-state index in [9.17, 15) is 0 Å². The SMILES string of the molecule is CCCc1ccc(C(C)CCCl)s1. The molecular weight excluding hydrogens is 200 g/mol. The van der Waals surface area contributed by atoms with Crippen LogP contribution in [0.25, 0.3) is 0 Å². The molecule has 1 aromatic rings. The zero-order valence-corrected chi connectivity index (χ0v) is 9.92. The molecule has 1 heterocycles. The molecule has 0 aromatic carbocycles. The van der Waals surface area contributed by atoms with Crippen LogP contribution in [-0.4, -0.2) is 5.88 Å². The van der Waals surface area contributed by atoms with Crippen molar-refractivity contribution in [1.29, 1.82) is 0 Å². The fourth-order valence-electron chi connectivity index (χ4n) is 1.35. The van der Waals surface area contributed by atoms with Gasteiger partial charge in [0.15, 0.2) is 0 Å². The Hall–Kier alpha value is -0.0100. The van der Waals surface area contributed by atoms with E-state index in [1.807, 2.05) is 11.3 Å². The predicted molar refractivity (Wildman–Crippen MR) is 62.1 cm³/mol. The standard InChI is InChI=1S/C11H17ClS/c1-3-4-10-5-6-11(13-10)9(2)7-8-12/h5-6,9H,3-4,7-8H2,1-2H3. The summed E-state index contributed by atoms with van der Waals surface area (Å²) in [7, 11) is 0.